The standard InChI is InChI=1S/C3H9NO2S/c1-3-4(5)6-7-2/h5H,3H2,1-2H3. The van der Waals surface area contributed by atoms with Crippen LogP contribution in [0.1, 0.15) is 6.92 Å². The van der Waals surface area contributed by atoms with Crippen LogP contribution in [0.5, 0.6) is 0 Å². The van der Waals surface area contributed by atoms with Gasteiger partial charge in [0.2, 0.25) is 0 Å². The van der Waals surface area contributed by atoms with Gasteiger partial charge in [-0.25, -0.2) is 4.28 Å². The van der Waals surface area contributed by atoms with Gasteiger partial charge in [0.1, 0.15) is 0 Å². The van der Waals surface area contributed by atoms with Gasteiger partial charge in [0, 0.05) is 24.8 Å². The van der Waals surface area contributed by atoms with Crippen molar-refractivity contribution in [2.24, 2.45) is 0 Å². The minimum Gasteiger partial charge on any atom is -0.289 e. The van der Waals surface area contributed by atoms with Crippen LogP contribution in [0, 0.1) is 0 Å². The van der Waals surface area contributed by atoms with Crippen LogP contribution >= 0.6 is 12.0 Å². The van der Waals surface area contributed by atoms with Crippen LogP contribution in [0.25, 0.3) is 0 Å². The molecule has 0 aliphatic heterocycles. The normalized spacial score (nSPS) is 10.3. The SMILES string of the molecule is CCN(O)OSC. The number of rotatable bonds is 3. The van der Waals surface area contributed by atoms with Crippen molar-refractivity contribution in [1.82, 2.24) is 5.23 Å². The fourth-order valence-electron chi connectivity index (χ4n) is 0.139. The number of nitrogens with zero attached hydrogens (tertiary/aromatic N) is 1. The van der Waals surface area contributed by atoms with E-state index in [1.54, 1.807) is 13.2 Å². The molecule has 0 aliphatic carbocycles. The van der Waals surface area contributed by atoms with Crippen molar-refractivity contribution in [3.05, 3.63) is 0 Å². The molecule has 1 N–H and O–H groups in total. The molecule has 0 aliphatic rings. The van der Waals surface area contributed by atoms with Crippen LogP contribution in [0.3, 0.4) is 0 Å². The predicted octanol–water partition coefficient (Wildman–Crippen LogP) is 0.907. The largest absolute Gasteiger partial charge is 0.289 e. The highest BCUT2D eigenvalue weighted by molar-refractivity contribution is 7.93. The van der Waals surface area contributed by atoms with Gasteiger partial charge in [-0.15, -0.1) is 0 Å². The molecule has 0 amide bonds. The molecule has 0 aromatic rings. The molecule has 0 aromatic carbocycles. The van der Waals surface area contributed by atoms with Gasteiger partial charge in [-0.1, -0.05) is 5.23 Å². The molecular formula is C3H9NO2S. The molecule has 7 heavy (non-hydrogen) atoms. The first kappa shape index (κ1) is 7.23. The van der Waals surface area contributed by atoms with Crippen molar-refractivity contribution in [3.63, 3.8) is 0 Å². The number of hydrogen-bond donors (Lipinski definition) is 1. The summed E-state index contributed by atoms with van der Waals surface area (Å²) in [6, 6.07) is 0. The zero-order chi connectivity index (χ0) is 5.70. The lowest BCUT2D eigenvalue weighted by Gasteiger charge is -2.06. The summed E-state index contributed by atoms with van der Waals surface area (Å²) in [5, 5.41) is 9.22. The topological polar surface area (TPSA) is 32.7 Å². The lowest BCUT2D eigenvalue weighted by molar-refractivity contribution is -0.269. The van der Waals surface area contributed by atoms with Crippen molar-refractivity contribution >= 4 is 12.0 Å². The molecule has 0 atom stereocenters. The summed E-state index contributed by atoms with van der Waals surface area (Å²) in [6.07, 6.45) is 1.74. The van der Waals surface area contributed by atoms with E-state index in [2.05, 4.69) is 4.28 Å². The van der Waals surface area contributed by atoms with E-state index in [0.29, 0.717) is 6.54 Å². The van der Waals surface area contributed by atoms with Crippen molar-refractivity contribution in [3.8, 4) is 0 Å². The van der Waals surface area contributed by atoms with Gasteiger partial charge in [0.15, 0.2) is 0 Å². The summed E-state index contributed by atoms with van der Waals surface area (Å²) >= 11 is 1.11. The molecule has 3 nitrogen and oxygen atoms in total. The first-order valence-corrected chi connectivity index (χ1v) is 3.13. The van der Waals surface area contributed by atoms with Gasteiger partial charge in [-0.05, 0) is 6.92 Å². The highest BCUT2D eigenvalue weighted by Gasteiger charge is 1.90. The monoisotopic (exact) mass is 123 g/mol. The van der Waals surface area contributed by atoms with Crippen LogP contribution in [-0.2, 0) is 4.28 Å². The summed E-state index contributed by atoms with van der Waals surface area (Å²) in [5.74, 6) is 0. The maximum Gasteiger partial charge on any atom is 0.0498 e. The van der Waals surface area contributed by atoms with E-state index in [4.69, 9.17) is 5.21 Å². The third-order valence-corrected chi connectivity index (χ3v) is 0.752. The Hall–Kier alpha value is 0.230. The van der Waals surface area contributed by atoms with Gasteiger partial charge in [0.05, 0.1) is 0 Å². The second-order valence-corrected chi connectivity index (χ2v) is 1.39. The fraction of sp³-hybridized carbons (Fsp3) is 1.00. The molecule has 0 radical (unpaired) electrons. The molecule has 0 spiro atoms. The Kier molecular flexibility index (Phi) is 4.53. The lowest BCUT2D eigenvalue weighted by Crippen LogP contribution is -2.14. The first-order valence-electron chi connectivity index (χ1n) is 1.98. The fourth-order valence-corrected chi connectivity index (χ4v) is 0.416. The van der Waals surface area contributed by atoms with Gasteiger partial charge in [-0.2, -0.15) is 0 Å². The summed E-state index contributed by atoms with van der Waals surface area (Å²) in [5.41, 5.74) is 0. The third kappa shape index (κ3) is 4.08. The van der Waals surface area contributed by atoms with Gasteiger partial charge >= 0.3 is 0 Å². The average molecular weight is 123 g/mol. The van der Waals surface area contributed by atoms with E-state index in [1.165, 1.54) is 0 Å². The molecule has 0 unspecified atom stereocenters. The number of hydroxylamine groups is 2. The van der Waals surface area contributed by atoms with E-state index >= 15 is 0 Å². The van der Waals surface area contributed by atoms with Gasteiger partial charge in [-0.3, -0.25) is 5.21 Å². The van der Waals surface area contributed by atoms with Crippen molar-refractivity contribution < 1.29 is 9.49 Å². The molecule has 0 fully saturated rings. The highest BCUT2D eigenvalue weighted by atomic mass is 32.2. The van der Waals surface area contributed by atoms with E-state index in [9.17, 15) is 0 Å². The molecule has 0 heterocycles. The summed E-state index contributed by atoms with van der Waals surface area (Å²) in [4.78, 5) is 0. The maximum absolute atomic E-state index is 8.45. The molecule has 0 saturated carbocycles. The Bertz CT molecular complexity index is 43.9. The van der Waals surface area contributed by atoms with Crippen LogP contribution in [0.4, 0.5) is 0 Å². The Morgan fingerprint density at radius 1 is 1.86 bits per heavy atom. The van der Waals surface area contributed by atoms with E-state index in [-0.39, 0.29) is 0 Å². The lowest BCUT2D eigenvalue weighted by atomic mass is 10.8. The highest BCUT2D eigenvalue weighted by Crippen LogP contribution is 1.96. The zero-order valence-corrected chi connectivity index (χ0v) is 5.23. The molecular weight excluding hydrogens is 114 g/mol. The second-order valence-electron chi connectivity index (χ2n) is 0.910. The Morgan fingerprint density at radius 2 is 2.43 bits per heavy atom. The molecule has 0 rings (SSSR count). The van der Waals surface area contributed by atoms with Crippen LogP contribution in [0.15, 0.2) is 0 Å². The van der Waals surface area contributed by atoms with Crippen molar-refractivity contribution in [2.45, 2.75) is 6.92 Å². The first-order chi connectivity index (χ1) is 3.31. The number of hydrogen-bond acceptors (Lipinski definition) is 4. The van der Waals surface area contributed by atoms with E-state index in [0.717, 1.165) is 17.3 Å². The third-order valence-electron chi connectivity index (χ3n) is 0.431. The maximum atomic E-state index is 8.45. The van der Waals surface area contributed by atoms with Gasteiger partial charge in [0.25, 0.3) is 0 Å². The van der Waals surface area contributed by atoms with E-state index < -0.39 is 0 Å². The Balaban J connectivity index is 2.83. The summed E-state index contributed by atoms with van der Waals surface area (Å²) in [6.45, 7) is 2.27. The predicted molar refractivity (Wildman–Crippen MR) is 28.8 cm³/mol. The molecule has 4 heteroatoms. The molecule has 0 aromatic heterocycles. The van der Waals surface area contributed by atoms with Gasteiger partial charge < -0.3 is 0 Å². The zero-order valence-electron chi connectivity index (χ0n) is 4.42. The minimum absolute atomic E-state index is 0.487. The Labute approximate surface area is 47.4 Å². The molecule has 44 valence electrons. The van der Waals surface area contributed by atoms with Crippen LogP contribution in [0.2, 0.25) is 0 Å². The van der Waals surface area contributed by atoms with Crippen LogP contribution < -0.4 is 0 Å². The minimum atomic E-state index is 0.487. The molecule has 0 saturated heterocycles. The summed E-state index contributed by atoms with van der Waals surface area (Å²) < 4.78 is 4.50. The van der Waals surface area contributed by atoms with Crippen molar-refractivity contribution in [2.75, 3.05) is 12.8 Å². The van der Waals surface area contributed by atoms with E-state index in [1.807, 2.05) is 0 Å². The Morgan fingerprint density at radius 3 is 2.57 bits per heavy atom. The second kappa shape index (κ2) is 4.39. The van der Waals surface area contributed by atoms with Crippen molar-refractivity contribution in [1.29, 1.82) is 0 Å². The quantitative estimate of drug-likeness (QED) is 0.446. The summed E-state index contributed by atoms with van der Waals surface area (Å²) in [7, 11) is 0. The van der Waals surface area contributed by atoms with Crippen LogP contribution in [-0.4, -0.2) is 23.2 Å². The average Bonchev–Trinajstić information content (AvgIpc) is 1.68. The molecule has 0 bridgehead atoms. The smallest absolute Gasteiger partial charge is 0.0498 e.